The van der Waals surface area contributed by atoms with Crippen molar-refractivity contribution in [3.05, 3.63) is 40.6 Å². The van der Waals surface area contributed by atoms with E-state index < -0.39 is 0 Å². The molecule has 5 heteroatoms. The zero-order valence-corrected chi connectivity index (χ0v) is 9.88. The second-order valence-corrected chi connectivity index (χ2v) is 4.08. The molecular formula is C12H15N3O2. The van der Waals surface area contributed by atoms with Gasteiger partial charge in [0.2, 0.25) is 5.89 Å². The summed E-state index contributed by atoms with van der Waals surface area (Å²) >= 11 is 0. The Bertz CT molecular complexity index is 569. The van der Waals surface area contributed by atoms with Crippen LogP contribution in [0, 0.1) is 0 Å². The predicted octanol–water partition coefficient (Wildman–Crippen LogP) is 1.54. The molecule has 0 fully saturated rings. The van der Waals surface area contributed by atoms with E-state index in [-0.39, 0.29) is 11.6 Å². The number of hydrogen-bond donors (Lipinski definition) is 1. The van der Waals surface area contributed by atoms with Crippen molar-refractivity contribution in [1.29, 1.82) is 0 Å². The summed E-state index contributed by atoms with van der Waals surface area (Å²) in [5.41, 5.74) is 6.45. The molecule has 2 rings (SSSR count). The fourth-order valence-electron chi connectivity index (χ4n) is 1.60. The summed E-state index contributed by atoms with van der Waals surface area (Å²) in [6.07, 6.45) is 3.23. The first-order chi connectivity index (χ1) is 8.13. The molecule has 2 aromatic rings. The van der Waals surface area contributed by atoms with E-state index in [2.05, 4.69) is 4.98 Å². The monoisotopic (exact) mass is 233 g/mol. The van der Waals surface area contributed by atoms with Gasteiger partial charge < -0.3 is 14.7 Å². The molecule has 0 radical (unpaired) electrons. The van der Waals surface area contributed by atoms with Gasteiger partial charge in [-0.15, -0.1) is 0 Å². The van der Waals surface area contributed by atoms with Gasteiger partial charge in [-0.3, -0.25) is 4.79 Å². The van der Waals surface area contributed by atoms with Crippen LogP contribution in [0.5, 0.6) is 0 Å². The lowest BCUT2D eigenvalue weighted by Gasteiger charge is -2.09. The molecule has 0 aliphatic rings. The summed E-state index contributed by atoms with van der Waals surface area (Å²) < 4.78 is 6.89. The predicted molar refractivity (Wildman–Crippen MR) is 64.5 cm³/mol. The maximum atomic E-state index is 12.1. The molecule has 5 nitrogen and oxygen atoms in total. The van der Waals surface area contributed by atoms with Gasteiger partial charge in [0.25, 0.3) is 5.56 Å². The van der Waals surface area contributed by atoms with E-state index >= 15 is 0 Å². The molecule has 0 amide bonds. The molecular weight excluding hydrogens is 218 g/mol. The molecule has 2 heterocycles. The Morgan fingerprint density at radius 3 is 2.88 bits per heavy atom. The number of nitrogens with two attached hydrogens (primary N) is 1. The van der Waals surface area contributed by atoms with Crippen molar-refractivity contribution in [3.63, 3.8) is 0 Å². The molecule has 0 aromatic carbocycles. The SMILES string of the molecule is CC(C)n1cccc(-c2nc(CN)co2)c1=O. The molecule has 2 N–H and O–H groups in total. The van der Waals surface area contributed by atoms with Crippen molar-refractivity contribution in [3.8, 4) is 11.5 Å². The standard InChI is InChI=1S/C12H15N3O2/c1-8(2)15-5-3-4-10(12(15)16)11-14-9(6-13)7-17-11/h3-5,7-8H,6,13H2,1-2H3. The number of hydrogen-bond acceptors (Lipinski definition) is 4. The molecule has 0 aliphatic carbocycles. The lowest BCUT2D eigenvalue weighted by molar-refractivity contribution is 0.558. The van der Waals surface area contributed by atoms with E-state index in [1.165, 1.54) is 6.26 Å². The highest BCUT2D eigenvalue weighted by Crippen LogP contribution is 2.15. The molecule has 0 bridgehead atoms. The molecule has 2 aromatic heterocycles. The lowest BCUT2D eigenvalue weighted by atomic mass is 10.2. The van der Waals surface area contributed by atoms with Crippen LogP contribution < -0.4 is 11.3 Å². The Morgan fingerprint density at radius 2 is 2.29 bits per heavy atom. The van der Waals surface area contributed by atoms with Crippen molar-refractivity contribution >= 4 is 0 Å². The van der Waals surface area contributed by atoms with Gasteiger partial charge in [-0.25, -0.2) is 4.98 Å². The van der Waals surface area contributed by atoms with Crippen molar-refractivity contribution in [1.82, 2.24) is 9.55 Å². The van der Waals surface area contributed by atoms with Crippen molar-refractivity contribution in [2.24, 2.45) is 5.73 Å². The first-order valence-electron chi connectivity index (χ1n) is 5.49. The summed E-state index contributed by atoms with van der Waals surface area (Å²) in [5.74, 6) is 0.324. The molecule has 0 atom stereocenters. The summed E-state index contributed by atoms with van der Waals surface area (Å²) in [4.78, 5) is 16.3. The summed E-state index contributed by atoms with van der Waals surface area (Å²) in [6.45, 7) is 4.20. The van der Waals surface area contributed by atoms with Crippen LogP contribution in [0.1, 0.15) is 25.6 Å². The Morgan fingerprint density at radius 1 is 1.53 bits per heavy atom. The Hall–Kier alpha value is -1.88. The van der Waals surface area contributed by atoms with E-state index in [1.54, 1.807) is 16.8 Å². The van der Waals surface area contributed by atoms with Gasteiger partial charge in [0.05, 0.1) is 5.69 Å². The zero-order chi connectivity index (χ0) is 12.4. The third kappa shape index (κ3) is 2.14. The lowest BCUT2D eigenvalue weighted by Crippen LogP contribution is -2.22. The first-order valence-corrected chi connectivity index (χ1v) is 5.49. The van der Waals surface area contributed by atoms with E-state index in [1.807, 2.05) is 19.9 Å². The van der Waals surface area contributed by atoms with E-state index in [0.29, 0.717) is 23.7 Å². The topological polar surface area (TPSA) is 74.1 Å². The fourth-order valence-corrected chi connectivity index (χ4v) is 1.60. The van der Waals surface area contributed by atoms with Crippen LogP contribution in [-0.4, -0.2) is 9.55 Å². The van der Waals surface area contributed by atoms with Crippen LogP contribution in [-0.2, 0) is 6.54 Å². The summed E-state index contributed by atoms with van der Waals surface area (Å²) in [6, 6.07) is 3.61. The maximum absolute atomic E-state index is 12.1. The third-order valence-electron chi connectivity index (χ3n) is 2.52. The fraction of sp³-hybridized carbons (Fsp3) is 0.333. The van der Waals surface area contributed by atoms with Crippen LogP contribution >= 0.6 is 0 Å². The van der Waals surface area contributed by atoms with Gasteiger partial charge in [-0.1, -0.05) is 0 Å². The highest BCUT2D eigenvalue weighted by atomic mass is 16.3. The Kier molecular flexibility index (Phi) is 3.10. The number of oxazole rings is 1. The third-order valence-corrected chi connectivity index (χ3v) is 2.52. The van der Waals surface area contributed by atoms with E-state index in [9.17, 15) is 4.79 Å². The molecule has 0 saturated carbocycles. The smallest absolute Gasteiger partial charge is 0.263 e. The normalized spacial score (nSPS) is 11.1. The van der Waals surface area contributed by atoms with E-state index in [0.717, 1.165) is 0 Å². The van der Waals surface area contributed by atoms with Gasteiger partial charge in [0.1, 0.15) is 11.8 Å². The molecule has 0 saturated heterocycles. The average molecular weight is 233 g/mol. The first kappa shape index (κ1) is 11.6. The van der Waals surface area contributed by atoms with Crippen molar-refractivity contribution in [2.45, 2.75) is 26.4 Å². The summed E-state index contributed by atoms with van der Waals surface area (Å²) in [5, 5.41) is 0. The zero-order valence-electron chi connectivity index (χ0n) is 9.88. The van der Waals surface area contributed by atoms with Crippen LogP contribution in [0.4, 0.5) is 0 Å². The van der Waals surface area contributed by atoms with Crippen molar-refractivity contribution in [2.75, 3.05) is 0 Å². The van der Waals surface area contributed by atoms with Crippen molar-refractivity contribution < 1.29 is 4.42 Å². The molecule has 0 spiro atoms. The Labute approximate surface area is 98.9 Å². The maximum Gasteiger partial charge on any atom is 0.263 e. The Balaban J connectivity index is 2.52. The van der Waals surface area contributed by atoms with E-state index in [4.69, 9.17) is 10.2 Å². The average Bonchev–Trinajstić information content (AvgIpc) is 2.77. The highest BCUT2D eigenvalue weighted by molar-refractivity contribution is 5.51. The van der Waals surface area contributed by atoms with Gasteiger partial charge in [0, 0.05) is 18.8 Å². The second-order valence-electron chi connectivity index (χ2n) is 4.08. The molecule has 17 heavy (non-hydrogen) atoms. The number of nitrogens with zero attached hydrogens (tertiary/aromatic N) is 2. The van der Waals surface area contributed by atoms with Crippen LogP contribution in [0.2, 0.25) is 0 Å². The number of rotatable bonds is 3. The molecule has 90 valence electrons. The molecule has 0 aliphatic heterocycles. The van der Waals surface area contributed by atoms with Crippen LogP contribution in [0.15, 0.2) is 33.8 Å². The molecule has 0 unspecified atom stereocenters. The minimum Gasteiger partial charge on any atom is -0.444 e. The minimum absolute atomic E-state index is 0.103. The number of aromatic nitrogens is 2. The second kappa shape index (κ2) is 4.55. The largest absolute Gasteiger partial charge is 0.444 e. The minimum atomic E-state index is -0.104. The van der Waals surface area contributed by atoms with Crippen LogP contribution in [0.25, 0.3) is 11.5 Å². The van der Waals surface area contributed by atoms with Gasteiger partial charge in [-0.05, 0) is 26.0 Å². The quantitative estimate of drug-likeness (QED) is 0.872. The number of pyridine rings is 1. The van der Waals surface area contributed by atoms with Gasteiger partial charge >= 0.3 is 0 Å². The highest BCUT2D eigenvalue weighted by Gasteiger charge is 2.12. The van der Waals surface area contributed by atoms with Gasteiger partial charge in [-0.2, -0.15) is 0 Å². The van der Waals surface area contributed by atoms with Crippen LogP contribution in [0.3, 0.4) is 0 Å². The van der Waals surface area contributed by atoms with Gasteiger partial charge in [0.15, 0.2) is 0 Å². The summed E-state index contributed by atoms with van der Waals surface area (Å²) in [7, 11) is 0.